The van der Waals surface area contributed by atoms with Crippen LogP contribution in [0.3, 0.4) is 0 Å². The first-order valence-electron chi connectivity index (χ1n) is 7.78. The normalized spacial score (nSPS) is 10.0. The van der Waals surface area contributed by atoms with Gasteiger partial charge in [0.05, 0.1) is 24.7 Å². The Bertz CT molecular complexity index is 880. The topological polar surface area (TPSA) is 117 Å². The number of amides is 1. The molecule has 142 valence electrons. The number of carbonyl (C=O) groups excluding carboxylic acids is 2. The van der Waals surface area contributed by atoms with Gasteiger partial charge in [-0.25, -0.2) is 0 Å². The van der Waals surface area contributed by atoms with Crippen molar-refractivity contribution in [3.05, 3.63) is 51.6 Å². The van der Waals surface area contributed by atoms with Gasteiger partial charge in [0.2, 0.25) is 0 Å². The van der Waals surface area contributed by atoms with Crippen molar-refractivity contribution < 1.29 is 28.7 Å². The molecule has 9 heteroatoms. The zero-order valence-corrected chi connectivity index (χ0v) is 15.0. The molecule has 9 nitrogen and oxygen atoms in total. The lowest BCUT2D eigenvalue weighted by atomic mass is 10.1. The first-order chi connectivity index (χ1) is 12.9. The number of methoxy groups -OCH3 is 2. The third kappa shape index (κ3) is 4.72. The summed E-state index contributed by atoms with van der Waals surface area (Å²) in [4.78, 5) is 33.7. The monoisotopic (exact) mass is 374 g/mol. The molecule has 0 bridgehead atoms. The average Bonchev–Trinajstić information content (AvgIpc) is 2.67. The molecule has 0 aliphatic rings. The molecule has 0 heterocycles. The van der Waals surface area contributed by atoms with Crippen LogP contribution in [-0.2, 0) is 4.79 Å². The molecule has 0 radical (unpaired) electrons. The van der Waals surface area contributed by atoms with Gasteiger partial charge in [0.15, 0.2) is 18.6 Å². The number of anilines is 1. The number of nitro groups is 1. The van der Waals surface area contributed by atoms with Crippen LogP contribution in [0.1, 0.15) is 15.9 Å². The minimum Gasteiger partial charge on any atom is -0.497 e. The number of benzene rings is 2. The van der Waals surface area contributed by atoms with Crippen molar-refractivity contribution in [1.29, 1.82) is 0 Å². The second kappa shape index (κ2) is 8.65. The average molecular weight is 374 g/mol. The quantitative estimate of drug-likeness (QED) is 0.429. The van der Waals surface area contributed by atoms with Crippen LogP contribution in [0.15, 0.2) is 30.3 Å². The zero-order chi connectivity index (χ0) is 20.0. The summed E-state index contributed by atoms with van der Waals surface area (Å²) in [5.41, 5.74) is 0.902. The molecule has 0 unspecified atom stereocenters. The van der Waals surface area contributed by atoms with E-state index in [0.29, 0.717) is 23.3 Å². The van der Waals surface area contributed by atoms with E-state index in [1.807, 2.05) is 0 Å². The minimum atomic E-state index is -0.564. The molecule has 1 amide bonds. The summed E-state index contributed by atoms with van der Waals surface area (Å²) in [5, 5.41) is 13.6. The van der Waals surface area contributed by atoms with E-state index in [1.165, 1.54) is 38.5 Å². The summed E-state index contributed by atoms with van der Waals surface area (Å²) in [7, 11) is 2.77. The maximum Gasteiger partial charge on any atom is 0.311 e. The summed E-state index contributed by atoms with van der Waals surface area (Å²) in [5.74, 6) is 0.253. The van der Waals surface area contributed by atoms with Crippen molar-refractivity contribution in [3.8, 4) is 17.2 Å². The summed E-state index contributed by atoms with van der Waals surface area (Å²) in [6, 6.07) is 7.30. The van der Waals surface area contributed by atoms with E-state index in [2.05, 4.69) is 5.32 Å². The molecule has 0 fully saturated rings. The number of carbonyl (C=O) groups is 2. The van der Waals surface area contributed by atoms with Crippen LogP contribution >= 0.6 is 0 Å². The van der Waals surface area contributed by atoms with Gasteiger partial charge < -0.3 is 19.5 Å². The predicted octanol–water partition coefficient (Wildman–Crippen LogP) is 2.75. The summed E-state index contributed by atoms with van der Waals surface area (Å²) < 4.78 is 15.4. The molecule has 27 heavy (non-hydrogen) atoms. The van der Waals surface area contributed by atoms with Gasteiger partial charge in [-0.05, 0) is 30.7 Å². The molecular formula is C18H18N2O7. The van der Waals surface area contributed by atoms with Crippen LogP contribution in [-0.4, -0.2) is 37.9 Å². The fraction of sp³-hybridized carbons (Fsp3) is 0.222. The van der Waals surface area contributed by atoms with Crippen molar-refractivity contribution in [2.24, 2.45) is 0 Å². The SMILES string of the molecule is COc1ccc(OCC(=O)Nc2cc(OC)c([N+](=O)[O-])cc2C)c(C=O)c1. The number of ether oxygens (including phenoxy) is 3. The Balaban J connectivity index is 2.10. The fourth-order valence-corrected chi connectivity index (χ4v) is 2.32. The van der Waals surface area contributed by atoms with E-state index in [1.54, 1.807) is 13.0 Å². The lowest BCUT2D eigenvalue weighted by molar-refractivity contribution is -0.385. The van der Waals surface area contributed by atoms with E-state index in [9.17, 15) is 19.7 Å². The highest BCUT2D eigenvalue weighted by molar-refractivity contribution is 5.93. The molecule has 0 atom stereocenters. The first kappa shape index (κ1) is 19.7. The number of hydrogen-bond acceptors (Lipinski definition) is 7. The number of nitro benzene ring substituents is 1. The Morgan fingerprint density at radius 3 is 2.52 bits per heavy atom. The highest BCUT2D eigenvalue weighted by Gasteiger charge is 2.18. The Labute approximate surface area is 155 Å². The van der Waals surface area contributed by atoms with Crippen molar-refractivity contribution in [2.75, 3.05) is 26.1 Å². The van der Waals surface area contributed by atoms with Gasteiger partial charge in [0, 0.05) is 17.8 Å². The lowest BCUT2D eigenvalue weighted by Gasteiger charge is -2.12. The highest BCUT2D eigenvalue weighted by Crippen LogP contribution is 2.32. The molecule has 2 aromatic rings. The third-order valence-corrected chi connectivity index (χ3v) is 3.70. The number of rotatable bonds is 8. The molecule has 0 spiro atoms. The molecular weight excluding hydrogens is 356 g/mol. The molecule has 0 saturated heterocycles. The summed E-state index contributed by atoms with van der Waals surface area (Å²) >= 11 is 0. The second-order valence-electron chi connectivity index (χ2n) is 5.45. The molecule has 0 aromatic heterocycles. The summed E-state index contributed by atoms with van der Waals surface area (Å²) in [6.07, 6.45) is 0.598. The van der Waals surface area contributed by atoms with Crippen molar-refractivity contribution >= 4 is 23.6 Å². The fourth-order valence-electron chi connectivity index (χ4n) is 2.32. The largest absolute Gasteiger partial charge is 0.497 e. The maximum atomic E-state index is 12.2. The Kier molecular flexibility index (Phi) is 6.32. The van der Waals surface area contributed by atoms with Gasteiger partial charge in [0.1, 0.15) is 11.5 Å². The van der Waals surface area contributed by atoms with Crippen LogP contribution in [0, 0.1) is 17.0 Å². The van der Waals surface area contributed by atoms with Crippen LogP contribution in [0.25, 0.3) is 0 Å². The van der Waals surface area contributed by atoms with Gasteiger partial charge in [0.25, 0.3) is 5.91 Å². The molecule has 2 rings (SSSR count). The standard InChI is InChI=1S/C18H18N2O7/c1-11-6-15(20(23)24)17(26-3)8-14(11)19-18(22)10-27-16-5-4-13(25-2)7-12(16)9-21/h4-9H,10H2,1-3H3,(H,19,22). The predicted molar refractivity (Wildman–Crippen MR) is 96.9 cm³/mol. The molecule has 0 saturated carbocycles. The second-order valence-corrected chi connectivity index (χ2v) is 5.45. The smallest absolute Gasteiger partial charge is 0.311 e. The molecule has 0 aliphatic heterocycles. The lowest BCUT2D eigenvalue weighted by Crippen LogP contribution is -2.21. The van der Waals surface area contributed by atoms with E-state index in [0.717, 1.165) is 0 Å². The van der Waals surface area contributed by atoms with Gasteiger partial charge in [-0.15, -0.1) is 0 Å². The zero-order valence-electron chi connectivity index (χ0n) is 15.0. The number of nitrogens with one attached hydrogen (secondary N) is 1. The Morgan fingerprint density at radius 2 is 1.93 bits per heavy atom. The van der Waals surface area contributed by atoms with Gasteiger partial charge in [-0.1, -0.05) is 0 Å². The van der Waals surface area contributed by atoms with Gasteiger partial charge >= 0.3 is 5.69 Å². The highest BCUT2D eigenvalue weighted by atomic mass is 16.6. The summed E-state index contributed by atoms with van der Waals surface area (Å²) in [6.45, 7) is 1.27. The van der Waals surface area contributed by atoms with Crippen LogP contribution < -0.4 is 19.5 Å². The number of aldehydes is 1. The number of hydrogen-bond donors (Lipinski definition) is 1. The number of nitrogens with zero attached hydrogens (tertiary/aromatic N) is 1. The maximum absolute atomic E-state index is 12.2. The van der Waals surface area contributed by atoms with Crippen LogP contribution in [0.2, 0.25) is 0 Å². The van der Waals surface area contributed by atoms with E-state index < -0.39 is 10.8 Å². The molecule has 2 aromatic carbocycles. The van der Waals surface area contributed by atoms with Crippen LogP contribution in [0.5, 0.6) is 17.2 Å². The van der Waals surface area contributed by atoms with E-state index in [-0.39, 0.29) is 29.4 Å². The Morgan fingerprint density at radius 1 is 1.19 bits per heavy atom. The molecule has 0 aliphatic carbocycles. The van der Waals surface area contributed by atoms with Gasteiger partial charge in [-0.2, -0.15) is 0 Å². The third-order valence-electron chi connectivity index (χ3n) is 3.70. The van der Waals surface area contributed by atoms with E-state index >= 15 is 0 Å². The first-order valence-corrected chi connectivity index (χ1v) is 7.78. The molecule has 1 N–H and O–H groups in total. The minimum absolute atomic E-state index is 0.0280. The van der Waals surface area contributed by atoms with Gasteiger partial charge in [-0.3, -0.25) is 19.7 Å². The van der Waals surface area contributed by atoms with Crippen molar-refractivity contribution in [1.82, 2.24) is 0 Å². The van der Waals surface area contributed by atoms with Crippen molar-refractivity contribution in [3.63, 3.8) is 0 Å². The van der Waals surface area contributed by atoms with Crippen molar-refractivity contribution in [2.45, 2.75) is 6.92 Å². The van der Waals surface area contributed by atoms with Crippen LogP contribution in [0.4, 0.5) is 11.4 Å². The van der Waals surface area contributed by atoms with E-state index in [4.69, 9.17) is 14.2 Å². The number of aryl methyl sites for hydroxylation is 1. The Hall–Kier alpha value is -3.62.